The number of nitrogens with zero attached hydrogens (tertiary/aromatic N) is 2. The molecule has 0 aliphatic heterocycles. The molecule has 0 aromatic carbocycles. The van der Waals surface area contributed by atoms with E-state index in [0.29, 0.717) is 22.5 Å². The molecule has 2 heterocycles. The maximum absolute atomic E-state index is 5.94. The van der Waals surface area contributed by atoms with Crippen LogP contribution in [0, 0.1) is 0 Å². The van der Waals surface area contributed by atoms with E-state index in [1.807, 2.05) is 6.07 Å². The van der Waals surface area contributed by atoms with Crippen LogP contribution in [0.25, 0.3) is 0 Å². The van der Waals surface area contributed by atoms with Crippen molar-refractivity contribution in [1.29, 1.82) is 0 Å². The second-order valence-corrected chi connectivity index (χ2v) is 3.87. The minimum absolute atomic E-state index is 0.380. The molecule has 16 heavy (non-hydrogen) atoms. The van der Waals surface area contributed by atoms with Crippen molar-refractivity contribution < 1.29 is 4.74 Å². The molecule has 0 bridgehead atoms. The molecular formula is C11H8Cl2N2O. The predicted molar refractivity (Wildman–Crippen MR) is 62.8 cm³/mol. The molecule has 0 amide bonds. The average molecular weight is 255 g/mol. The van der Waals surface area contributed by atoms with E-state index < -0.39 is 0 Å². The number of aromatic nitrogens is 2. The van der Waals surface area contributed by atoms with Crippen molar-refractivity contribution in [1.82, 2.24) is 9.97 Å². The first-order chi connectivity index (χ1) is 7.75. The van der Waals surface area contributed by atoms with E-state index in [1.165, 1.54) is 0 Å². The van der Waals surface area contributed by atoms with E-state index in [1.54, 1.807) is 30.7 Å². The summed E-state index contributed by atoms with van der Waals surface area (Å²) in [6, 6.07) is 5.24. The Hall–Kier alpha value is -1.32. The van der Waals surface area contributed by atoms with Gasteiger partial charge in [0, 0.05) is 18.0 Å². The molecule has 0 fully saturated rings. The number of hydrogen-bond donors (Lipinski definition) is 0. The number of hydrogen-bond acceptors (Lipinski definition) is 3. The lowest BCUT2D eigenvalue weighted by Crippen LogP contribution is -1.96. The van der Waals surface area contributed by atoms with Gasteiger partial charge in [0.25, 0.3) is 0 Å². The van der Waals surface area contributed by atoms with Crippen molar-refractivity contribution >= 4 is 23.2 Å². The van der Waals surface area contributed by atoms with Gasteiger partial charge in [-0.25, -0.2) is 4.98 Å². The molecule has 2 aromatic rings. The fraction of sp³-hybridized carbons (Fsp3) is 0.0909. The van der Waals surface area contributed by atoms with Crippen molar-refractivity contribution in [2.24, 2.45) is 0 Å². The number of rotatable bonds is 3. The first kappa shape index (κ1) is 11.2. The SMILES string of the molecule is Clc1ccc(OCc2ccncc2Cl)cn1. The Morgan fingerprint density at radius 1 is 1.12 bits per heavy atom. The van der Waals surface area contributed by atoms with Gasteiger partial charge in [0.1, 0.15) is 17.5 Å². The van der Waals surface area contributed by atoms with E-state index in [2.05, 4.69) is 9.97 Å². The topological polar surface area (TPSA) is 35.0 Å². The first-order valence-electron chi connectivity index (χ1n) is 4.58. The molecule has 0 spiro atoms. The van der Waals surface area contributed by atoms with Gasteiger partial charge in [-0.3, -0.25) is 4.98 Å². The van der Waals surface area contributed by atoms with Crippen LogP contribution in [0.5, 0.6) is 5.75 Å². The Bertz CT molecular complexity index is 474. The molecule has 0 saturated carbocycles. The van der Waals surface area contributed by atoms with Crippen LogP contribution in [0.15, 0.2) is 36.8 Å². The molecule has 0 unspecified atom stereocenters. The summed E-state index contributed by atoms with van der Waals surface area (Å²) in [6.45, 7) is 0.380. The molecule has 2 rings (SSSR count). The molecule has 0 radical (unpaired) electrons. The van der Waals surface area contributed by atoms with Gasteiger partial charge in [0.2, 0.25) is 0 Å². The largest absolute Gasteiger partial charge is 0.487 e. The van der Waals surface area contributed by atoms with Crippen molar-refractivity contribution in [2.75, 3.05) is 0 Å². The van der Waals surface area contributed by atoms with Gasteiger partial charge >= 0.3 is 0 Å². The van der Waals surface area contributed by atoms with Crippen LogP contribution in [0.1, 0.15) is 5.56 Å². The highest BCUT2D eigenvalue weighted by atomic mass is 35.5. The Morgan fingerprint density at radius 2 is 2.00 bits per heavy atom. The highest BCUT2D eigenvalue weighted by Crippen LogP contribution is 2.17. The molecule has 0 aliphatic carbocycles. The number of ether oxygens (including phenoxy) is 1. The quantitative estimate of drug-likeness (QED) is 0.789. The second-order valence-electron chi connectivity index (χ2n) is 3.07. The molecule has 0 atom stereocenters. The van der Waals surface area contributed by atoms with Gasteiger partial charge in [-0.05, 0) is 18.2 Å². The molecular weight excluding hydrogens is 247 g/mol. The maximum atomic E-state index is 5.94. The summed E-state index contributed by atoms with van der Waals surface area (Å²) < 4.78 is 5.49. The Kier molecular flexibility index (Phi) is 3.59. The lowest BCUT2D eigenvalue weighted by Gasteiger charge is -2.06. The Labute approximate surface area is 103 Å². The van der Waals surface area contributed by atoms with Crippen LogP contribution in [0.3, 0.4) is 0 Å². The van der Waals surface area contributed by atoms with Crippen molar-refractivity contribution in [2.45, 2.75) is 6.61 Å². The monoisotopic (exact) mass is 254 g/mol. The highest BCUT2D eigenvalue weighted by Gasteiger charge is 2.01. The summed E-state index contributed by atoms with van der Waals surface area (Å²) in [5, 5.41) is 1.03. The maximum Gasteiger partial charge on any atom is 0.138 e. The van der Waals surface area contributed by atoms with Gasteiger partial charge in [0.15, 0.2) is 0 Å². The molecule has 2 aromatic heterocycles. The normalized spacial score (nSPS) is 10.1. The summed E-state index contributed by atoms with van der Waals surface area (Å²) in [5.74, 6) is 0.650. The van der Waals surface area contributed by atoms with E-state index in [0.717, 1.165) is 5.56 Å². The Balaban J connectivity index is 2.02. The highest BCUT2D eigenvalue weighted by molar-refractivity contribution is 6.31. The lowest BCUT2D eigenvalue weighted by molar-refractivity contribution is 0.305. The standard InChI is InChI=1S/C11H8Cl2N2O/c12-10-6-14-4-3-8(10)7-16-9-1-2-11(13)15-5-9/h1-6H,7H2. The summed E-state index contributed by atoms with van der Waals surface area (Å²) in [5.41, 5.74) is 0.881. The van der Waals surface area contributed by atoms with Crippen molar-refractivity contribution in [3.8, 4) is 5.75 Å². The van der Waals surface area contributed by atoms with Crippen molar-refractivity contribution in [3.05, 3.63) is 52.5 Å². The first-order valence-corrected chi connectivity index (χ1v) is 5.34. The lowest BCUT2D eigenvalue weighted by atomic mass is 10.3. The summed E-state index contributed by atoms with van der Waals surface area (Å²) >= 11 is 11.6. The fourth-order valence-electron chi connectivity index (χ4n) is 1.13. The van der Waals surface area contributed by atoms with Gasteiger partial charge in [-0.15, -0.1) is 0 Å². The summed E-state index contributed by atoms with van der Waals surface area (Å²) in [6.07, 6.45) is 4.82. The third-order valence-corrected chi connectivity index (χ3v) is 2.51. The molecule has 5 heteroatoms. The zero-order valence-corrected chi connectivity index (χ0v) is 9.74. The van der Waals surface area contributed by atoms with Crippen LogP contribution in [0.4, 0.5) is 0 Å². The Morgan fingerprint density at radius 3 is 2.69 bits per heavy atom. The molecule has 0 N–H and O–H groups in total. The average Bonchev–Trinajstić information content (AvgIpc) is 2.30. The smallest absolute Gasteiger partial charge is 0.138 e. The summed E-state index contributed by atoms with van der Waals surface area (Å²) in [7, 11) is 0. The van der Waals surface area contributed by atoms with E-state index in [-0.39, 0.29) is 0 Å². The predicted octanol–water partition coefficient (Wildman–Crippen LogP) is 3.36. The van der Waals surface area contributed by atoms with E-state index in [9.17, 15) is 0 Å². The van der Waals surface area contributed by atoms with Gasteiger partial charge in [0.05, 0.1) is 11.2 Å². The molecule has 0 aliphatic rings. The minimum atomic E-state index is 0.380. The molecule has 82 valence electrons. The minimum Gasteiger partial charge on any atom is -0.487 e. The van der Waals surface area contributed by atoms with Crippen LogP contribution in [0.2, 0.25) is 10.2 Å². The van der Waals surface area contributed by atoms with E-state index >= 15 is 0 Å². The number of pyridine rings is 2. The number of halogens is 2. The zero-order valence-electron chi connectivity index (χ0n) is 8.23. The van der Waals surface area contributed by atoms with E-state index in [4.69, 9.17) is 27.9 Å². The molecule has 3 nitrogen and oxygen atoms in total. The van der Waals surface area contributed by atoms with Crippen LogP contribution in [-0.2, 0) is 6.61 Å². The van der Waals surface area contributed by atoms with Crippen molar-refractivity contribution in [3.63, 3.8) is 0 Å². The van der Waals surface area contributed by atoms with Crippen LogP contribution in [-0.4, -0.2) is 9.97 Å². The second kappa shape index (κ2) is 5.14. The van der Waals surface area contributed by atoms with Crippen LogP contribution < -0.4 is 4.74 Å². The van der Waals surface area contributed by atoms with Gasteiger partial charge < -0.3 is 4.74 Å². The third-order valence-electron chi connectivity index (χ3n) is 1.95. The van der Waals surface area contributed by atoms with Gasteiger partial charge in [-0.1, -0.05) is 23.2 Å². The van der Waals surface area contributed by atoms with Gasteiger partial charge in [-0.2, -0.15) is 0 Å². The molecule has 0 saturated heterocycles. The third kappa shape index (κ3) is 2.84. The summed E-state index contributed by atoms with van der Waals surface area (Å²) in [4.78, 5) is 7.80. The zero-order chi connectivity index (χ0) is 11.4. The fourth-order valence-corrected chi connectivity index (χ4v) is 1.42. The van der Waals surface area contributed by atoms with Crippen LogP contribution >= 0.6 is 23.2 Å².